The summed E-state index contributed by atoms with van der Waals surface area (Å²) in [4.78, 5) is 14.2. The van der Waals surface area contributed by atoms with Gasteiger partial charge in [-0.25, -0.2) is 0 Å². The van der Waals surface area contributed by atoms with E-state index in [0.29, 0.717) is 6.42 Å². The van der Waals surface area contributed by atoms with E-state index in [9.17, 15) is 4.79 Å². The number of nitrogens with zero attached hydrogens (tertiary/aromatic N) is 1. The van der Waals surface area contributed by atoms with Gasteiger partial charge in [0.05, 0.1) is 18.7 Å². The van der Waals surface area contributed by atoms with E-state index in [4.69, 9.17) is 4.74 Å². The van der Waals surface area contributed by atoms with Crippen LogP contribution >= 0.6 is 0 Å². The van der Waals surface area contributed by atoms with Crippen molar-refractivity contribution in [2.24, 2.45) is 0 Å². The highest BCUT2D eigenvalue weighted by atomic mass is 16.5. The third-order valence-corrected chi connectivity index (χ3v) is 3.88. The second-order valence-corrected chi connectivity index (χ2v) is 5.03. The van der Waals surface area contributed by atoms with Gasteiger partial charge < -0.3 is 9.64 Å². The van der Waals surface area contributed by atoms with Crippen LogP contribution in [-0.2, 0) is 11.2 Å². The summed E-state index contributed by atoms with van der Waals surface area (Å²) in [7, 11) is 3.48. The van der Waals surface area contributed by atoms with E-state index in [2.05, 4.69) is 12.1 Å². The second kappa shape index (κ2) is 5.00. The van der Waals surface area contributed by atoms with Gasteiger partial charge >= 0.3 is 0 Å². The highest BCUT2D eigenvalue weighted by Crippen LogP contribution is 2.43. The zero-order chi connectivity index (χ0) is 14.1. The van der Waals surface area contributed by atoms with Crippen LogP contribution in [0.2, 0.25) is 0 Å². The van der Waals surface area contributed by atoms with Gasteiger partial charge in [0.25, 0.3) is 0 Å². The number of benzene rings is 2. The molecule has 2 aromatic carbocycles. The van der Waals surface area contributed by atoms with Gasteiger partial charge in [-0.05, 0) is 24.1 Å². The molecule has 3 heteroatoms. The molecule has 1 aliphatic heterocycles. The topological polar surface area (TPSA) is 29.5 Å². The molecule has 0 N–H and O–H groups in total. The van der Waals surface area contributed by atoms with Crippen molar-refractivity contribution in [3.63, 3.8) is 0 Å². The van der Waals surface area contributed by atoms with Crippen molar-refractivity contribution in [3.8, 4) is 5.75 Å². The summed E-state index contributed by atoms with van der Waals surface area (Å²) in [6.45, 7) is 0. The van der Waals surface area contributed by atoms with Gasteiger partial charge in [-0.15, -0.1) is 0 Å². The molecule has 0 radical (unpaired) electrons. The van der Waals surface area contributed by atoms with Crippen molar-refractivity contribution in [1.82, 2.24) is 0 Å². The Morgan fingerprint density at radius 3 is 2.55 bits per heavy atom. The van der Waals surface area contributed by atoms with E-state index < -0.39 is 0 Å². The lowest BCUT2D eigenvalue weighted by atomic mass is 9.92. The summed E-state index contributed by atoms with van der Waals surface area (Å²) in [6, 6.07) is 15.9. The number of likely N-dealkylation sites (N-methyl/N-ethyl adjacent to an activating group) is 1. The minimum Gasteiger partial charge on any atom is -0.496 e. The molecular weight excluding hydrogens is 250 g/mol. The molecule has 1 aliphatic rings. The molecule has 0 fully saturated rings. The van der Waals surface area contributed by atoms with Gasteiger partial charge in [0.2, 0.25) is 5.91 Å². The standard InChI is InChI=1S/C17H17NO2/c1-18-14-9-6-10-15(20-2)16(14)13(17(18)19)11-12-7-4-3-5-8-12/h3-10,13H,11H2,1-2H3/t13-/m1/s1. The molecule has 20 heavy (non-hydrogen) atoms. The van der Waals surface area contributed by atoms with Gasteiger partial charge in [0.15, 0.2) is 0 Å². The van der Waals surface area contributed by atoms with Crippen LogP contribution in [0.5, 0.6) is 5.75 Å². The average Bonchev–Trinajstić information content (AvgIpc) is 2.74. The zero-order valence-electron chi connectivity index (χ0n) is 11.7. The number of anilines is 1. The summed E-state index contributed by atoms with van der Waals surface area (Å²) in [6.07, 6.45) is 0.706. The quantitative estimate of drug-likeness (QED) is 0.855. The minimum atomic E-state index is -0.159. The van der Waals surface area contributed by atoms with E-state index in [1.54, 1.807) is 12.0 Å². The summed E-state index contributed by atoms with van der Waals surface area (Å²) in [5.41, 5.74) is 3.12. The molecule has 0 spiro atoms. The molecule has 0 aromatic heterocycles. The number of carbonyl (C=O) groups excluding carboxylic acids is 1. The minimum absolute atomic E-state index is 0.133. The van der Waals surface area contributed by atoms with Crippen LogP contribution in [0.15, 0.2) is 48.5 Å². The lowest BCUT2D eigenvalue weighted by molar-refractivity contribution is -0.119. The van der Waals surface area contributed by atoms with Gasteiger partial charge in [-0.1, -0.05) is 36.4 Å². The highest BCUT2D eigenvalue weighted by Gasteiger charge is 2.37. The first-order valence-electron chi connectivity index (χ1n) is 6.70. The number of carbonyl (C=O) groups is 1. The summed E-state index contributed by atoms with van der Waals surface area (Å²) in [5.74, 6) is 0.767. The Labute approximate surface area is 118 Å². The van der Waals surface area contributed by atoms with Gasteiger partial charge in [0, 0.05) is 12.6 Å². The monoisotopic (exact) mass is 267 g/mol. The lowest BCUT2D eigenvalue weighted by Crippen LogP contribution is -2.24. The maximum absolute atomic E-state index is 12.5. The normalized spacial score (nSPS) is 17.2. The third kappa shape index (κ3) is 1.95. The first-order chi connectivity index (χ1) is 9.72. The smallest absolute Gasteiger partial charge is 0.234 e. The fourth-order valence-corrected chi connectivity index (χ4v) is 2.87. The van der Waals surface area contributed by atoms with E-state index in [0.717, 1.165) is 22.6 Å². The molecule has 102 valence electrons. The Hall–Kier alpha value is -2.29. The second-order valence-electron chi connectivity index (χ2n) is 5.03. The maximum Gasteiger partial charge on any atom is 0.234 e. The molecule has 3 nitrogen and oxygen atoms in total. The van der Waals surface area contributed by atoms with E-state index in [1.165, 1.54) is 0 Å². The number of hydrogen-bond acceptors (Lipinski definition) is 2. The Morgan fingerprint density at radius 2 is 1.85 bits per heavy atom. The molecular formula is C17H17NO2. The SMILES string of the molecule is COc1cccc2c1[C@@H](Cc1ccccc1)C(=O)N2C. The lowest BCUT2D eigenvalue weighted by Gasteiger charge is -2.12. The van der Waals surface area contributed by atoms with Crippen LogP contribution < -0.4 is 9.64 Å². The molecule has 0 bridgehead atoms. The Kier molecular flexibility index (Phi) is 3.18. The van der Waals surface area contributed by atoms with Crippen molar-refractivity contribution in [3.05, 3.63) is 59.7 Å². The number of hydrogen-bond donors (Lipinski definition) is 0. The molecule has 3 rings (SSSR count). The van der Waals surface area contributed by atoms with Crippen LogP contribution in [0, 0.1) is 0 Å². The average molecular weight is 267 g/mol. The van der Waals surface area contributed by atoms with Crippen LogP contribution in [0.4, 0.5) is 5.69 Å². The van der Waals surface area contributed by atoms with Crippen molar-refractivity contribution < 1.29 is 9.53 Å². The van der Waals surface area contributed by atoms with Crippen molar-refractivity contribution >= 4 is 11.6 Å². The summed E-state index contributed by atoms with van der Waals surface area (Å²) >= 11 is 0. The van der Waals surface area contributed by atoms with Gasteiger partial charge in [-0.2, -0.15) is 0 Å². The predicted molar refractivity (Wildman–Crippen MR) is 79.3 cm³/mol. The molecule has 1 heterocycles. The van der Waals surface area contributed by atoms with Gasteiger partial charge in [0.1, 0.15) is 5.75 Å². The first-order valence-corrected chi connectivity index (χ1v) is 6.70. The molecule has 0 saturated carbocycles. The maximum atomic E-state index is 12.5. The Bertz CT molecular complexity index is 637. The number of ether oxygens (including phenoxy) is 1. The van der Waals surface area contributed by atoms with Crippen LogP contribution in [0.1, 0.15) is 17.0 Å². The number of rotatable bonds is 3. The molecule has 1 amide bonds. The largest absolute Gasteiger partial charge is 0.496 e. The molecule has 0 aliphatic carbocycles. The Balaban J connectivity index is 2.03. The summed E-state index contributed by atoms with van der Waals surface area (Å²) in [5, 5.41) is 0. The van der Waals surface area contributed by atoms with Crippen LogP contribution in [-0.4, -0.2) is 20.1 Å². The number of fused-ring (bicyclic) bond motifs is 1. The molecule has 0 saturated heterocycles. The van der Waals surface area contributed by atoms with E-state index in [1.807, 2.05) is 43.4 Å². The van der Waals surface area contributed by atoms with Crippen molar-refractivity contribution in [2.45, 2.75) is 12.3 Å². The predicted octanol–water partition coefficient (Wildman–Crippen LogP) is 3.00. The Morgan fingerprint density at radius 1 is 1.10 bits per heavy atom. The van der Waals surface area contributed by atoms with E-state index in [-0.39, 0.29) is 11.8 Å². The van der Waals surface area contributed by atoms with Crippen LogP contribution in [0.25, 0.3) is 0 Å². The molecule has 1 atom stereocenters. The van der Waals surface area contributed by atoms with Crippen LogP contribution in [0.3, 0.4) is 0 Å². The zero-order valence-corrected chi connectivity index (χ0v) is 11.7. The number of amides is 1. The van der Waals surface area contributed by atoms with Crippen molar-refractivity contribution in [1.29, 1.82) is 0 Å². The fourth-order valence-electron chi connectivity index (χ4n) is 2.87. The number of methoxy groups -OCH3 is 1. The fraction of sp³-hybridized carbons (Fsp3) is 0.235. The van der Waals surface area contributed by atoms with Gasteiger partial charge in [-0.3, -0.25) is 4.79 Å². The van der Waals surface area contributed by atoms with E-state index >= 15 is 0 Å². The highest BCUT2D eigenvalue weighted by molar-refractivity contribution is 6.05. The first kappa shape index (κ1) is 12.7. The molecule has 0 unspecified atom stereocenters. The third-order valence-electron chi connectivity index (χ3n) is 3.88. The molecule has 2 aromatic rings. The van der Waals surface area contributed by atoms with Crippen molar-refractivity contribution in [2.75, 3.05) is 19.1 Å². The summed E-state index contributed by atoms with van der Waals surface area (Å²) < 4.78 is 5.44.